The van der Waals surface area contributed by atoms with Crippen LogP contribution >= 0.6 is 11.3 Å². The zero-order valence-electron chi connectivity index (χ0n) is 16.2. The van der Waals surface area contributed by atoms with Crippen molar-refractivity contribution in [3.63, 3.8) is 0 Å². The SMILES string of the molecule is CC1(C)C(O)CCN1C(=O)c1nc(-c2cccs2)n(-c2cccc(C(F)(F)F)c2)n1. The zero-order chi connectivity index (χ0) is 21.7. The van der Waals surface area contributed by atoms with Gasteiger partial charge in [0.05, 0.1) is 27.8 Å². The largest absolute Gasteiger partial charge is 0.416 e. The number of thiophene rings is 1. The molecule has 6 nitrogen and oxygen atoms in total. The Labute approximate surface area is 174 Å². The maximum absolute atomic E-state index is 13.2. The van der Waals surface area contributed by atoms with Gasteiger partial charge in [-0.05, 0) is 49.9 Å². The lowest BCUT2D eigenvalue weighted by atomic mass is 9.99. The maximum Gasteiger partial charge on any atom is 0.416 e. The first-order valence-corrected chi connectivity index (χ1v) is 10.2. The first-order chi connectivity index (χ1) is 14.1. The van der Waals surface area contributed by atoms with E-state index in [1.165, 1.54) is 33.1 Å². The molecule has 1 aliphatic rings. The molecule has 0 saturated carbocycles. The van der Waals surface area contributed by atoms with Crippen molar-refractivity contribution >= 4 is 17.2 Å². The molecule has 1 unspecified atom stereocenters. The van der Waals surface area contributed by atoms with Crippen LogP contribution < -0.4 is 0 Å². The number of aliphatic hydroxyl groups excluding tert-OH is 1. The van der Waals surface area contributed by atoms with Crippen LogP contribution in [0.1, 0.15) is 36.5 Å². The van der Waals surface area contributed by atoms with E-state index >= 15 is 0 Å². The van der Waals surface area contributed by atoms with Gasteiger partial charge in [0, 0.05) is 6.54 Å². The summed E-state index contributed by atoms with van der Waals surface area (Å²) in [6.45, 7) is 3.86. The Morgan fingerprint density at radius 3 is 2.63 bits per heavy atom. The molecule has 1 saturated heterocycles. The monoisotopic (exact) mass is 436 g/mol. The molecule has 0 radical (unpaired) electrons. The molecule has 2 aromatic heterocycles. The molecular formula is C20H19F3N4O2S. The van der Waals surface area contributed by atoms with Crippen LogP contribution in [-0.4, -0.2) is 48.9 Å². The van der Waals surface area contributed by atoms with Gasteiger partial charge in [-0.1, -0.05) is 12.1 Å². The van der Waals surface area contributed by atoms with Gasteiger partial charge in [-0.15, -0.1) is 16.4 Å². The van der Waals surface area contributed by atoms with Crippen LogP contribution in [0.2, 0.25) is 0 Å². The predicted molar refractivity (Wildman–Crippen MR) is 105 cm³/mol. The van der Waals surface area contributed by atoms with Gasteiger partial charge >= 0.3 is 6.18 Å². The lowest BCUT2D eigenvalue weighted by Crippen LogP contribution is -2.48. The van der Waals surface area contributed by atoms with Crippen LogP contribution in [0.4, 0.5) is 13.2 Å². The fourth-order valence-electron chi connectivity index (χ4n) is 3.52. The van der Waals surface area contributed by atoms with Gasteiger partial charge in [-0.2, -0.15) is 13.2 Å². The number of rotatable bonds is 3. The molecule has 4 rings (SSSR count). The predicted octanol–water partition coefficient (Wildman–Crippen LogP) is 4.00. The van der Waals surface area contributed by atoms with E-state index in [-0.39, 0.29) is 17.3 Å². The van der Waals surface area contributed by atoms with Crippen molar-refractivity contribution in [2.45, 2.75) is 38.1 Å². The Balaban J connectivity index is 1.80. The number of hydrogen-bond acceptors (Lipinski definition) is 5. The lowest BCUT2D eigenvalue weighted by Gasteiger charge is -2.32. The summed E-state index contributed by atoms with van der Waals surface area (Å²) in [5.41, 5.74) is -1.45. The molecule has 1 N–H and O–H groups in total. The summed E-state index contributed by atoms with van der Waals surface area (Å²) in [6.07, 6.45) is -4.75. The Kier molecular flexibility index (Phi) is 4.94. The van der Waals surface area contributed by atoms with Crippen molar-refractivity contribution in [3.05, 3.63) is 53.2 Å². The molecule has 158 valence electrons. The fraction of sp³-hybridized carbons (Fsp3) is 0.350. The number of hydrogen-bond donors (Lipinski definition) is 1. The lowest BCUT2D eigenvalue weighted by molar-refractivity contribution is -0.137. The molecule has 1 aromatic carbocycles. The first kappa shape index (κ1) is 20.5. The highest BCUT2D eigenvalue weighted by molar-refractivity contribution is 7.13. The van der Waals surface area contributed by atoms with E-state index in [1.807, 2.05) is 5.38 Å². The van der Waals surface area contributed by atoms with Crippen LogP contribution in [0.25, 0.3) is 16.4 Å². The third-order valence-electron chi connectivity index (χ3n) is 5.34. The number of alkyl halides is 3. The summed E-state index contributed by atoms with van der Waals surface area (Å²) in [4.78, 5) is 19.6. The quantitative estimate of drug-likeness (QED) is 0.674. The summed E-state index contributed by atoms with van der Waals surface area (Å²) in [6, 6.07) is 8.27. The van der Waals surface area contributed by atoms with Crippen LogP contribution in [0.15, 0.2) is 41.8 Å². The second-order valence-electron chi connectivity index (χ2n) is 7.61. The topological polar surface area (TPSA) is 71.2 Å². The highest BCUT2D eigenvalue weighted by atomic mass is 32.1. The molecule has 0 bridgehead atoms. The number of aliphatic hydroxyl groups is 1. The van der Waals surface area contributed by atoms with Crippen molar-refractivity contribution in [1.29, 1.82) is 0 Å². The van der Waals surface area contributed by atoms with Crippen molar-refractivity contribution in [1.82, 2.24) is 19.7 Å². The number of aromatic nitrogens is 3. The average Bonchev–Trinajstić information content (AvgIpc) is 3.41. The molecule has 1 amide bonds. The van der Waals surface area contributed by atoms with Crippen LogP contribution in [0.3, 0.4) is 0 Å². The molecular weight excluding hydrogens is 417 g/mol. The number of benzene rings is 1. The second kappa shape index (κ2) is 7.21. The summed E-state index contributed by atoms with van der Waals surface area (Å²) in [7, 11) is 0. The summed E-state index contributed by atoms with van der Waals surface area (Å²) >= 11 is 1.34. The van der Waals surface area contributed by atoms with Crippen molar-refractivity contribution in [3.8, 4) is 16.4 Å². The van der Waals surface area contributed by atoms with Gasteiger partial charge < -0.3 is 10.0 Å². The highest BCUT2D eigenvalue weighted by Gasteiger charge is 2.44. The third kappa shape index (κ3) is 3.50. The van der Waals surface area contributed by atoms with E-state index in [9.17, 15) is 23.1 Å². The Morgan fingerprint density at radius 1 is 1.27 bits per heavy atom. The molecule has 1 atom stereocenters. The fourth-order valence-corrected chi connectivity index (χ4v) is 4.22. The summed E-state index contributed by atoms with van der Waals surface area (Å²) < 4.78 is 40.8. The van der Waals surface area contributed by atoms with E-state index in [0.717, 1.165) is 12.1 Å². The third-order valence-corrected chi connectivity index (χ3v) is 6.21. The molecule has 30 heavy (non-hydrogen) atoms. The van der Waals surface area contributed by atoms with Gasteiger partial charge in [0.25, 0.3) is 5.91 Å². The average molecular weight is 436 g/mol. The Morgan fingerprint density at radius 2 is 2.03 bits per heavy atom. The van der Waals surface area contributed by atoms with E-state index in [4.69, 9.17) is 0 Å². The number of carbonyl (C=O) groups is 1. The van der Waals surface area contributed by atoms with Crippen molar-refractivity contribution in [2.75, 3.05) is 6.54 Å². The zero-order valence-corrected chi connectivity index (χ0v) is 17.0. The normalized spacial score (nSPS) is 18.7. The highest BCUT2D eigenvalue weighted by Crippen LogP contribution is 2.33. The first-order valence-electron chi connectivity index (χ1n) is 9.27. The van der Waals surface area contributed by atoms with Crippen LogP contribution in [0, 0.1) is 0 Å². The number of amides is 1. The molecule has 1 aliphatic heterocycles. The van der Waals surface area contributed by atoms with Gasteiger partial charge in [0.1, 0.15) is 0 Å². The van der Waals surface area contributed by atoms with Gasteiger partial charge in [-0.25, -0.2) is 9.67 Å². The molecule has 3 heterocycles. The second-order valence-corrected chi connectivity index (χ2v) is 8.56. The number of carbonyl (C=O) groups excluding carboxylic acids is 1. The Hall–Kier alpha value is -2.72. The van der Waals surface area contributed by atoms with Crippen molar-refractivity contribution < 1.29 is 23.1 Å². The standard InChI is InChI=1S/C20H19F3N4O2S/c1-19(2)15(28)8-9-26(19)18(29)16-24-17(14-7-4-10-30-14)27(25-16)13-6-3-5-12(11-13)20(21,22)23/h3-7,10-11,15,28H,8-9H2,1-2H3. The van der Waals surface area contributed by atoms with Crippen LogP contribution in [0.5, 0.6) is 0 Å². The number of halogens is 3. The molecule has 3 aromatic rings. The summed E-state index contributed by atoms with van der Waals surface area (Å²) in [5.74, 6) is -0.316. The van der Waals surface area contributed by atoms with Gasteiger partial charge in [0.15, 0.2) is 5.82 Å². The Bertz CT molecular complexity index is 1080. The van der Waals surface area contributed by atoms with Crippen molar-refractivity contribution in [2.24, 2.45) is 0 Å². The van der Waals surface area contributed by atoms with E-state index in [1.54, 1.807) is 26.0 Å². The molecule has 0 spiro atoms. The summed E-state index contributed by atoms with van der Waals surface area (Å²) in [5, 5.41) is 16.2. The minimum atomic E-state index is -4.51. The van der Waals surface area contributed by atoms with Gasteiger partial charge in [-0.3, -0.25) is 4.79 Å². The van der Waals surface area contributed by atoms with E-state index in [2.05, 4.69) is 10.1 Å². The number of likely N-dealkylation sites (tertiary alicyclic amines) is 1. The molecule has 0 aliphatic carbocycles. The van der Waals surface area contributed by atoms with Gasteiger partial charge in [0.2, 0.25) is 5.82 Å². The minimum absolute atomic E-state index is 0.127. The van der Waals surface area contributed by atoms with E-state index < -0.39 is 29.3 Å². The molecule has 10 heteroatoms. The molecule has 1 fully saturated rings. The van der Waals surface area contributed by atoms with Crippen LogP contribution in [-0.2, 0) is 6.18 Å². The maximum atomic E-state index is 13.2. The number of nitrogens with zero attached hydrogens (tertiary/aromatic N) is 4. The minimum Gasteiger partial charge on any atom is -0.391 e. The smallest absolute Gasteiger partial charge is 0.391 e. The van der Waals surface area contributed by atoms with E-state index in [0.29, 0.717) is 17.8 Å².